The molecule has 0 aromatic heterocycles. The predicted octanol–water partition coefficient (Wildman–Crippen LogP) is 2.35. The first-order chi connectivity index (χ1) is 7.83. The summed E-state index contributed by atoms with van der Waals surface area (Å²) in [4.78, 5) is 0. The maximum Gasteiger partial charge on any atom is 0.0619 e. The summed E-state index contributed by atoms with van der Waals surface area (Å²) in [7, 11) is 0. The predicted molar refractivity (Wildman–Crippen MR) is 66.8 cm³/mol. The molecule has 0 spiro atoms. The van der Waals surface area contributed by atoms with Crippen LogP contribution in [0.15, 0.2) is 0 Å². The highest BCUT2D eigenvalue weighted by atomic mass is 16.5. The third-order valence-electron chi connectivity index (χ3n) is 3.06. The van der Waals surface area contributed by atoms with Crippen LogP contribution in [0.4, 0.5) is 0 Å². The van der Waals surface area contributed by atoms with Gasteiger partial charge in [-0.2, -0.15) is 0 Å². The van der Waals surface area contributed by atoms with Crippen molar-refractivity contribution in [1.29, 1.82) is 0 Å². The van der Waals surface area contributed by atoms with Gasteiger partial charge < -0.3 is 14.8 Å². The van der Waals surface area contributed by atoms with E-state index in [9.17, 15) is 0 Å². The summed E-state index contributed by atoms with van der Waals surface area (Å²) in [6.07, 6.45) is 6.22. The highest BCUT2D eigenvalue weighted by molar-refractivity contribution is 4.63. The minimum atomic E-state index is 0.446. The number of hydrogen-bond acceptors (Lipinski definition) is 3. The summed E-state index contributed by atoms with van der Waals surface area (Å²) in [5.41, 5.74) is 0. The fourth-order valence-corrected chi connectivity index (χ4v) is 2.05. The second-order valence-electron chi connectivity index (χ2n) is 4.68. The molecule has 1 aliphatic rings. The van der Waals surface area contributed by atoms with Gasteiger partial charge in [0, 0.05) is 25.9 Å². The Kier molecular flexibility index (Phi) is 7.81. The molecule has 0 aliphatic carbocycles. The quantitative estimate of drug-likeness (QED) is 0.648. The first kappa shape index (κ1) is 13.9. The standard InChI is InChI=1S/C13H27NO2/c1-3-5-12(2)14-8-4-9-16-13-6-10-15-11-7-13/h12-14H,3-11H2,1-2H3. The second-order valence-corrected chi connectivity index (χ2v) is 4.68. The summed E-state index contributed by atoms with van der Waals surface area (Å²) >= 11 is 0. The topological polar surface area (TPSA) is 30.5 Å². The highest BCUT2D eigenvalue weighted by Gasteiger charge is 2.13. The molecule has 1 atom stereocenters. The molecule has 3 heteroatoms. The summed E-state index contributed by atoms with van der Waals surface area (Å²) < 4.78 is 11.1. The third kappa shape index (κ3) is 6.46. The van der Waals surface area contributed by atoms with Gasteiger partial charge in [0.1, 0.15) is 0 Å². The Hall–Kier alpha value is -0.120. The Morgan fingerprint density at radius 3 is 2.81 bits per heavy atom. The van der Waals surface area contributed by atoms with E-state index in [2.05, 4.69) is 19.2 Å². The molecule has 1 fully saturated rings. The van der Waals surface area contributed by atoms with Crippen molar-refractivity contribution >= 4 is 0 Å². The largest absolute Gasteiger partial charge is 0.381 e. The molecule has 0 radical (unpaired) electrons. The van der Waals surface area contributed by atoms with Gasteiger partial charge in [0.05, 0.1) is 6.10 Å². The molecule has 0 aromatic carbocycles. The molecule has 0 bridgehead atoms. The van der Waals surface area contributed by atoms with Gasteiger partial charge in [0.2, 0.25) is 0 Å². The van der Waals surface area contributed by atoms with E-state index in [-0.39, 0.29) is 0 Å². The van der Waals surface area contributed by atoms with Crippen LogP contribution in [0.3, 0.4) is 0 Å². The van der Waals surface area contributed by atoms with Crippen molar-refractivity contribution in [2.75, 3.05) is 26.4 Å². The van der Waals surface area contributed by atoms with E-state index in [1.165, 1.54) is 12.8 Å². The molecule has 96 valence electrons. The zero-order chi connectivity index (χ0) is 11.6. The van der Waals surface area contributed by atoms with Crippen molar-refractivity contribution < 1.29 is 9.47 Å². The van der Waals surface area contributed by atoms with Gasteiger partial charge in [-0.1, -0.05) is 13.3 Å². The first-order valence-corrected chi connectivity index (χ1v) is 6.75. The van der Waals surface area contributed by atoms with Crippen LogP contribution in [0.5, 0.6) is 0 Å². The molecule has 1 aliphatic heterocycles. The van der Waals surface area contributed by atoms with Gasteiger partial charge in [0.25, 0.3) is 0 Å². The number of ether oxygens (including phenoxy) is 2. The molecule has 1 rings (SSSR count). The van der Waals surface area contributed by atoms with E-state index >= 15 is 0 Å². The fraction of sp³-hybridized carbons (Fsp3) is 1.00. The van der Waals surface area contributed by atoms with Crippen LogP contribution in [0.25, 0.3) is 0 Å². The highest BCUT2D eigenvalue weighted by Crippen LogP contribution is 2.10. The summed E-state index contributed by atoms with van der Waals surface area (Å²) in [6.45, 7) is 8.18. The van der Waals surface area contributed by atoms with Gasteiger partial charge >= 0.3 is 0 Å². The van der Waals surface area contributed by atoms with Crippen LogP contribution in [-0.2, 0) is 9.47 Å². The summed E-state index contributed by atoms with van der Waals surface area (Å²) in [5, 5.41) is 3.52. The molecule has 1 unspecified atom stereocenters. The lowest BCUT2D eigenvalue weighted by Crippen LogP contribution is -2.28. The van der Waals surface area contributed by atoms with Crippen LogP contribution in [-0.4, -0.2) is 38.5 Å². The van der Waals surface area contributed by atoms with E-state index in [1.54, 1.807) is 0 Å². The Labute approximate surface area is 99.9 Å². The lowest BCUT2D eigenvalue weighted by molar-refractivity contribution is -0.0322. The van der Waals surface area contributed by atoms with Gasteiger partial charge in [-0.15, -0.1) is 0 Å². The summed E-state index contributed by atoms with van der Waals surface area (Å²) in [5.74, 6) is 0. The molecule has 0 saturated carbocycles. The normalized spacial score (nSPS) is 19.9. The second kappa shape index (κ2) is 8.97. The van der Waals surface area contributed by atoms with Gasteiger partial charge in [0.15, 0.2) is 0 Å². The number of hydrogen-bond donors (Lipinski definition) is 1. The van der Waals surface area contributed by atoms with Gasteiger partial charge in [-0.3, -0.25) is 0 Å². The Morgan fingerprint density at radius 2 is 2.12 bits per heavy atom. The van der Waals surface area contributed by atoms with E-state index < -0.39 is 0 Å². The molecule has 1 heterocycles. The minimum Gasteiger partial charge on any atom is -0.381 e. The van der Waals surface area contributed by atoms with Crippen LogP contribution in [0, 0.1) is 0 Å². The Balaban J connectivity index is 1.87. The smallest absolute Gasteiger partial charge is 0.0619 e. The molecule has 0 aromatic rings. The van der Waals surface area contributed by atoms with Crippen LogP contribution in [0.2, 0.25) is 0 Å². The zero-order valence-electron chi connectivity index (χ0n) is 10.8. The lowest BCUT2D eigenvalue weighted by atomic mass is 10.1. The molecule has 16 heavy (non-hydrogen) atoms. The van der Waals surface area contributed by atoms with E-state index in [4.69, 9.17) is 9.47 Å². The SMILES string of the molecule is CCCC(C)NCCCOC1CCOCC1. The average molecular weight is 229 g/mol. The van der Waals surface area contributed by atoms with E-state index in [0.717, 1.165) is 45.6 Å². The fourth-order valence-electron chi connectivity index (χ4n) is 2.05. The van der Waals surface area contributed by atoms with E-state index in [0.29, 0.717) is 12.1 Å². The number of nitrogens with one attached hydrogen (secondary N) is 1. The minimum absolute atomic E-state index is 0.446. The van der Waals surface area contributed by atoms with Crippen molar-refractivity contribution in [1.82, 2.24) is 5.32 Å². The summed E-state index contributed by atoms with van der Waals surface area (Å²) in [6, 6.07) is 0.646. The average Bonchev–Trinajstić information content (AvgIpc) is 2.30. The molecule has 1 saturated heterocycles. The zero-order valence-corrected chi connectivity index (χ0v) is 10.8. The molecule has 1 N–H and O–H groups in total. The lowest BCUT2D eigenvalue weighted by Gasteiger charge is -2.22. The van der Waals surface area contributed by atoms with Crippen molar-refractivity contribution in [2.45, 2.75) is 58.1 Å². The molecular weight excluding hydrogens is 202 g/mol. The monoisotopic (exact) mass is 229 g/mol. The first-order valence-electron chi connectivity index (χ1n) is 6.75. The number of rotatable bonds is 8. The van der Waals surface area contributed by atoms with Crippen LogP contribution in [0.1, 0.15) is 46.0 Å². The van der Waals surface area contributed by atoms with Crippen LogP contribution < -0.4 is 5.32 Å². The van der Waals surface area contributed by atoms with Gasteiger partial charge in [-0.05, 0) is 39.2 Å². The van der Waals surface area contributed by atoms with Crippen molar-refractivity contribution in [3.05, 3.63) is 0 Å². The van der Waals surface area contributed by atoms with Crippen molar-refractivity contribution in [3.8, 4) is 0 Å². The molecule has 3 nitrogen and oxygen atoms in total. The van der Waals surface area contributed by atoms with Gasteiger partial charge in [-0.25, -0.2) is 0 Å². The Morgan fingerprint density at radius 1 is 1.38 bits per heavy atom. The molecular formula is C13H27NO2. The van der Waals surface area contributed by atoms with Crippen molar-refractivity contribution in [2.24, 2.45) is 0 Å². The maximum absolute atomic E-state index is 5.80. The van der Waals surface area contributed by atoms with Crippen LogP contribution >= 0.6 is 0 Å². The third-order valence-corrected chi connectivity index (χ3v) is 3.06. The maximum atomic E-state index is 5.80. The van der Waals surface area contributed by atoms with Crippen molar-refractivity contribution in [3.63, 3.8) is 0 Å². The Bertz CT molecular complexity index is 158. The molecule has 0 amide bonds. The van der Waals surface area contributed by atoms with E-state index in [1.807, 2.05) is 0 Å².